The summed E-state index contributed by atoms with van der Waals surface area (Å²) in [7, 11) is 2.09. The highest BCUT2D eigenvalue weighted by atomic mass is 79.9. The molecule has 2 nitrogen and oxygen atoms in total. The summed E-state index contributed by atoms with van der Waals surface area (Å²) in [6.45, 7) is 2.03. The van der Waals surface area contributed by atoms with Gasteiger partial charge in [-0.1, -0.05) is 6.07 Å². The minimum absolute atomic E-state index is 0.139. The normalized spacial score (nSPS) is 18.7. The second kappa shape index (κ2) is 5.15. The Balaban J connectivity index is 2.01. The molecule has 1 fully saturated rings. The number of piperidine rings is 1. The molecule has 0 unspecified atom stereocenters. The molecule has 0 amide bonds. The third-order valence-corrected chi connectivity index (χ3v) is 3.49. The van der Waals surface area contributed by atoms with E-state index in [1.165, 1.54) is 0 Å². The summed E-state index contributed by atoms with van der Waals surface area (Å²) in [6.07, 6.45) is 2.06. The van der Waals surface area contributed by atoms with Crippen LogP contribution in [0, 0.1) is 5.82 Å². The van der Waals surface area contributed by atoms with Crippen LogP contribution in [-0.2, 0) is 0 Å². The minimum Gasteiger partial charge on any atom is -0.487 e. The highest BCUT2D eigenvalue weighted by Crippen LogP contribution is 2.27. The number of ether oxygens (including phenoxy) is 1. The largest absolute Gasteiger partial charge is 0.487 e. The van der Waals surface area contributed by atoms with E-state index in [2.05, 4.69) is 27.9 Å². The molecule has 1 heterocycles. The van der Waals surface area contributed by atoms with Crippen molar-refractivity contribution in [1.82, 2.24) is 4.90 Å². The topological polar surface area (TPSA) is 12.5 Å². The fourth-order valence-corrected chi connectivity index (χ4v) is 2.21. The molecule has 1 aliphatic rings. The van der Waals surface area contributed by atoms with E-state index in [9.17, 15) is 4.39 Å². The number of benzene rings is 1. The first-order valence-corrected chi connectivity index (χ1v) is 6.25. The van der Waals surface area contributed by atoms with E-state index in [0.717, 1.165) is 25.9 Å². The summed E-state index contributed by atoms with van der Waals surface area (Å²) in [5, 5.41) is 0. The number of halogens is 2. The quantitative estimate of drug-likeness (QED) is 0.829. The van der Waals surface area contributed by atoms with Gasteiger partial charge < -0.3 is 9.64 Å². The van der Waals surface area contributed by atoms with E-state index >= 15 is 0 Å². The molecule has 88 valence electrons. The van der Waals surface area contributed by atoms with Crippen LogP contribution in [0.5, 0.6) is 5.75 Å². The lowest BCUT2D eigenvalue weighted by molar-refractivity contribution is 0.110. The van der Waals surface area contributed by atoms with Gasteiger partial charge in [0.1, 0.15) is 6.10 Å². The zero-order valence-electron chi connectivity index (χ0n) is 9.25. The molecule has 0 aromatic heterocycles. The molecule has 2 rings (SSSR count). The molecule has 0 N–H and O–H groups in total. The first kappa shape index (κ1) is 11.9. The molecule has 0 bridgehead atoms. The average Bonchev–Trinajstić information content (AvgIpc) is 2.28. The smallest absolute Gasteiger partial charge is 0.179 e. The summed E-state index contributed by atoms with van der Waals surface area (Å²) >= 11 is 3.16. The Morgan fingerprint density at radius 3 is 2.75 bits per heavy atom. The van der Waals surface area contributed by atoms with E-state index in [0.29, 0.717) is 10.2 Å². The van der Waals surface area contributed by atoms with Crippen molar-refractivity contribution in [2.45, 2.75) is 18.9 Å². The molecular formula is C12H15BrFNO. The molecule has 0 saturated carbocycles. The van der Waals surface area contributed by atoms with Gasteiger partial charge in [-0.05, 0) is 48.0 Å². The first-order chi connectivity index (χ1) is 7.66. The van der Waals surface area contributed by atoms with Gasteiger partial charge in [0.05, 0.1) is 4.47 Å². The average molecular weight is 288 g/mol. The van der Waals surface area contributed by atoms with E-state index in [4.69, 9.17) is 4.74 Å². The number of hydrogen-bond donors (Lipinski definition) is 0. The standard InChI is InChI=1S/C12H15BrFNO/c1-15-7-5-9(6-8-15)16-11-4-2-3-10(13)12(11)14/h2-4,9H,5-8H2,1H3. The number of rotatable bonds is 2. The van der Waals surface area contributed by atoms with Gasteiger partial charge in [-0.2, -0.15) is 0 Å². The third kappa shape index (κ3) is 2.74. The van der Waals surface area contributed by atoms with Crippen LogP contribution >= 0.6 is 15.9 Å². The predicted molar refractivity (Wildman–Crippen MR) is 65.2 cm³/mol. The summed E-state index contributed by atoms with van der Waals surface area (Å²) in [4.78, 5) is 2.26. The van der Waals surface area contributed by atoms with Crippen LogP contribution < -0.4 is 4.74 Å². The summed E-state index contributed by atoms with van der Waals surface area (Å²) in [5.74, 6) is 0.0466. The predicted octanol–water partition coefficient (Wildman–Crippen LogP) is 3.06. The van der Waals surface area contributed by atoms with Gasteiger partial charge in [0.15, 0.2) is 11.6 Å². The second-order valence-electron chi connectivity index (χ2n) is 4.17. The zero-order valence-corrected chi connectivity index (χ0v) is 10.8. The number of hydrogen-bond acceptors (Lipinski definition) is 2. The molecule has 1 aromatic rings. The maximum absolute atomic E-state index is 13.7. The Morgan fingerprint density at radius 1 is 1.38 bits per heavy atom. The van der Waals surface area contributed by atoms with Gasteiger partial charge in [-0.15, -0.1) is 0 Å². The Labute approximate surface area is 104 Å². The monoisotopic (exact) mass is 287 g/mol. The van der Waals surface area contributed by atoms with Crippen molar-refractivity contribution in [2.75, 3.05) is 20.1 Å². The molecular weight excluding hydrogens is 273 g/mol. The molecule has 1 saturated heterocycles. The molecule has 4 heteroatoms. The first-order valence-electron chi connectivity index (χ1n) is 5.46. The Bertz CT molecular complexity index is 364. The molecule has 0 radical (unpaired) electrons. The van der Waals surface area contributed by atoms with Crippen molar-refractivity contribution in [3.05, 3.63) is 28.5 Å². The summed E-state index contributed by atoms with van der Waals surface area (Å²) in [6, 6.07) is 5.15. The highest BCUT2D eigenvalue weighted by Gasteiger charge is 2.19. The molecule has 1 aliphatic heterocycles. The summed E-state index contributed by atoms with van der Waals surface area (Å²) < 4.78 is 19.8. The molecule has 1 aromatic carbocycles. The lowest BCUT2D eigenvalue weighted by Crippen LogP contribution is -2.35. The lowest BCUT2D eigenvalue weighted by atomic mass is 10.1. The van der Waals surface area contributed by atoms with Crippen LogP contribution in [0.3, 0.4) is 0 Å². The van der Waals surface area contributed by atoms with Gasteiger partial charge in [-0.25, -0.2) is 4.39 Å². The van der Waals surface area contributed by atoms with E-state index < -0.39 is 0 Å². The van der Waals surface area contributed by atoms with Crippen molar-refractivity contribution in [1.29, 1.82) is 0 Å². The van der Waals surface area contributed by atoms with Gasteiger partial charge in [-0.3, -0.25) is 0 Å². The third-order valence-electron chi connectivity index (χ3n) is 2.88. The molecule has 16 heavy (non-hydrogen) atoms. The van der Waals surface area contributed by atoms with Crippen molar-refractivity contribution in [3.63, 3.8) is 0 Å². The maximum Gasteiger partial charge on any atom is 0.179 e. The van der Waals surface area contributed by atoms with Crippen LogP contribution in [-0.4, -0.2) is 31.1 Å². The van der Waals surface area contributed by atoms with Crippen LogP contribution in [0.1, 0.15) is 12.8 Å². The van der Waals surface area contributed by atoms with Crippen molar-refractivity contribution in [3.8, 4) is 5.75 Å². The SMILES string of the molecule is CN1CCC(Oc2cccc(Br)c2F)CC1. The molecule has 0 atom stereocenters. The van der Waals surface area contributed by atoms with E-state index in [1.54, 1.807) is 18.2 Å². The fraction of sp³-hybridized carbons (Fsp3) is 0.500. The number of likely N-dealkylation sites (tertiary alicyclic amines) is 1. The van der Waals surface area contributed by atoms with Crippen LogP contribution in [0.15, 0.2) is 22.7 Å². The van der Waals surface area contributed by atoms with Crippen LogP contribution in [0.4, 0.5) is 4.39 Å². The van der Waals surface area contributed by atoms with E-state index in [1.807, 2.05) is 0 Å². The zero-order chi connectivity index (χ0) is 11.5. The fourth-order valence-electron chi connectivity index (χ4n) is 1.86. The minimum atomic E-state index is -0.304. The van der Waals surface area contributed by atoms with Crippen molar-refractivity contribution in [2.24, 2.45) is 0 Å². The Morgan fingerprint density at radius 2 is 2.06 bits per heavy atom. The van der Waals surface area contributed by atoms with E-state index in [-0.39, 0.29) is 11.9 Å². The van der Waals surface area contributed by atoms with Gasteiger partial charge in [0.25, 0.3) is 0 Å². The van der Waals surface area contributed by atoms with Crippen molar-refractivity contribution >= 4 is 15.9 Å². The van der Waals surface area contributed by atoms with Gasteiger partial charge in [0.2, 0.25) is 0 Å². The Kier molecular flexibility index (Phi) is 3.82. The second-order valence-corrected chi connectivity index (χ2v) is 5.03. The van der Waals surface area contributed by atoms with Crippen molar-refractivity contribution < 1.29 is 9.13 Å². The maximum atomic E-state index is 13.7. The summed E-state index contributed by atoms with van der Waals surface area (Å²) in [5.41, 5.74) is 0. The highest BCUT2D eigenvalue weighted by molar-refractivity contribution is 9.10. The molecule has 0 spiro atoms. The molecule has 0 aliphatic carbocycles. The number of nitrogens with zero attached hydrogens (tertiary/aromatic N) is 1. The van der Waals surface area contributed by atoms with Crippen LogP contribution in [0.2, 0.25) is 0 Å². The Hall–Kier alpha value is -0.610. The van der Waals surface area contributed by atoms with Crippen LogP contribution in [0.25, 0.3) is 0 Å². The lowest BCUT2D eigenvalue weighted by Gasteiger charge is -2.29. The van der Waals surface area contributed by atoms with Gasteiger partial charge in [0, 0.05) is 13.1 Å². The van der Waals surface area contributed by atoms with Gasteiger partial charge >= 0.3 is 0 Å².